The van der Waals surface area contributed by atoms with E-state index in [2.05, 4.69) is 29.3 Å². The molecule has 0 aliphatic heterocycles. The summed E-state index contributed by atoms with van der Waals surface area (Å²) in [5.74, 6) is 3.11. The molecule has 1 heterocycles. The van der Waals surface area contributed by atoms with Gasteiger partial charge in [-0.05, 0) is 38.1 Å². The van der Waals surface area contributed by atoms with Crippen LogP contribution in [0, 0.1) is 5.92 Å². The van der Waals surface area contributed by atoms with Crippen LogP contribution in [0.5, 0.6) is 0 Å². The van der Waals surface area contributed by atoms with Crippen LogP contribution in [0.3, 0.4) is 0 Å². The van der Waals surface area contributed by atoms with Crippen LogP contribution in [-0.4, -0.2) is 16.7 Å². The summed E-state index contributed by atoms with van der Waals surface area (Å²) >= 11 is 0. The van der Waals surface area contributed by atoms with E-state index in [1.54, 1.807) is 0 Å². The highest BCUT2D eigenvalue weighted by molar-refractivity contribution is 4.97. The molecule has 0 atom stereocenters. The van der Waals surface area contributed by atoms with Crippen LogP contribution in [0.1, 0.15) is 70.0 Å². The lowest BCUT2D eigenvalue weighted by molar-refractivity contribution is 0.294. The Kier molecular flexibility index (Phi) is 5.17. The maximum absolute atomic E-state index is 5.27. The van der Waals surface area contributed by atoms with E-state index in [4.69, 9.17) is 4.52 Å². The van der Waals surface area contributed by atoms with Crippen molar-refractivity contribution in [3.8, 4) is 0 Å². The van der Waals surface area contributed by atoms with Gasteiger partial charge in [0, 0.05) is 5.92 Å². The second-order valence-corrected chi connectivity index (χ2v) is 5.33. The van der Waals surface area contributed by atoms with Gasteiger partial charge in [0.05, 0.1) is 6.54 Å². The van der Waals surface area contributed by atoms with E-state index in [-0.39, 0.29) is 0 Å². The lowest BCUT2D eigenvalue weighted by atomic mass is 9.80. The minimum Gasteiger partial charge on any atom is -0.338 e. The van der Waals surface area contributed by atoms with Crippen molar-refractivity contribution in [2.75, 3.05) is 6.54 Å². The number of hydrogen-bond donors (Lipinski definition) is 1. The van der Waals surface area contributed by atoms with Crippen LogP contribution in [0.15, 0.2) is 4.52 Å². The van der Waals surface area contributed by atoms with Crippen LogP contribution in [0.4, 0.5) is 0 Å². The normalized spacial score (nSPS) is 24.3. The molecule has 4 nitrogen and oxygen atoms in total. The molecule has 1 saturated carbocycles. The second-order valence-electron chi connectivity index (χ2n) is 5.33. The lowest BCUT2D eigenvalue weighted by Gasteiger charge is -2.26. The topological polar surface area (TPSA) is 51.0 Å². The van der Waals surface area contributed by atoms with Gasteiger partial charge in [0.2, 0.25) is 5.89 Å². The highest BCUT2D eigenvalue weighted by Crippen LogP contribution is 2.36. The molecule has 0 amide bonds. The van der Waals surface area contributed by atoms with Gasteiger partial charge in [0.25, 0.3) is 0 Å². The maximum Gasteiger partial charge on any atom is 0.240 e. The molecule has 0 saturated heterocycles. The van der Waals surface area contributed by atoms with Gasteiger partial charge in [-0.1, -0.05) is 31.8 Å². The fourth-order valence-corrected chi connectivity index (χ4v) is 2.86. The smallest absolute Gasteiger partial charge is 0.240 e. The molecular weight excluding hydrogens is 226 g/mol. The summed E-state index contributed by atoms with van der Waals surface area (Å²) in [6.07, 6.45) is 7.80. The Morgan fingerprint density at radius 1 is 1.22 bits per heavy atom. The summed E-state index contributed by atoms with van der Waals surface area (Å²) in [7, 11) is 0. The van der Waals surface area contributed by atoms with Crippen molar-refractivity contribution in [1.29, 1.82) is 0 Å². The van der Waals surface area contributed by atoms with Gasteiger partial charge >= 0.3 is 0 Å². The zero-order valence-electron chi connectivity index (χ0n) is 11.6. The third-order valence-electron chi connectivity index (χ3n) is 3.92. The third kappa shape index (κ3) is 3.55. The summed E-state index contributed by atoms with van der Waals surface area (Å²) in [5, 5.41) is 7.35. The average molecular weight is 251 g/mol. The second kappa shape index (κ2) is 6.88. The summed E-state index contributed by atoms with van der Waals surface area (Å²) in [6, 6.07) is 0. The third-order valence-corrected chi connectivity index (χ3v) is 3.92. The maximum atomic E-state index is 5.27. The molecule has 1 fully saturated rings. The molecule has 0 unspecified atom stereocenters. The van der Waals surface area contributed by atoms with E-state index in [9.17, 15) is 0 Å². The average Bonchev–Trinajstić information content (AvgIpc) is 2.86. The molecule has 1 aromatic rings. The van der Waals surface area contributed by atoms with Crippen molar-refractivity contribution in [3.63, 3.8) is 0 Å². The Balaban J connectivity index is 1.83. The molecule has 2 rings (SSSR count). The molecule has 1 N–H and O–H groups in total. The quantitative estimate of drug-likeness (QED) is 0.843. The van der Waals surface area contributed by atoms with Crippen LogP contribution < -0.4 is 5.32 Å². The first-order valence-corrected chi connectivity index (χ1v) is 7.36. The summed E-state index contributed by atoms with van der Waals surface area (Å²) in [6.45, 7) is 5.97. The monoisotopic (exact) mass is 251 g/mol. The molecule has 1 aliphatic carbocycles. The zero-order valence-corrected chi connectivity index (χ0v) is 11.6. The van der Waals surface area contributed by atoms with E-state index in [0.717, 1.165) is 24.2 Å². The lowest BCUT2D eigenvalue weighted by Crippen LogP contribution is -2.15. The van der Waals surface area contributed by atoms with Crippen LogP contribution in [-0.2, 0) is 6.54 Å². The number of hydrogen-bond acceptors (Lipinski definition) is 4. The van der Waals surface area contributed by atoms with Crippen molar-refractivity contribution in [2.24, 2.45) is 5.92 Å². The van der Waals surface area contributed by atoms with Gasteiger partial charge in [-0.25, -0.2) is 0 Å². The van der Waals surface area contributed by atoms with E-state index in [0.29, 0.717) is 12.5 Å². The van der Waals surface area contributed by atoms with Crippen molar-refractivity contribution >= 4 is 0 Å². The van der Waals surface area contributed by atoms with E-state index in [1.807, 2.05) is 0 Å². The van der Waals surface area contributed by atoms with Gasteiger partial charge in [-0.3, -0.25) is 0 Å². The number of rotatable bonds is 6. The van der Waals surface area contributed by atoms with E-state index in [1.165, 1.54) is 38.5 Å². The fraction of sp³-hybridized carbons (Fsp3) is 0.857. The van der Waals surface area contributed by atoms with Crippen molar-refractivity contribution in [3.05, 3.63) is 11.7 Å². The SMILES string of the molecule is CCCC1CCC(c2noc(CNCC)n2)CC1. The molecule has 1 aliphatic rings. The summed E-state index contributed by atoms with van der Waals surface area (Å²) in [5.41, 5.74) is 0. The molecular formula is C14H25N3O. The highest BCUT2D eigenvalue weighted by atomic mass is 16.5. The van der Waals surface area contributed by atoms with Gasteiger partial charge in [0.15, 0.2) is 5.82 Å². The van der Waals surface area contributed by atoms with Crippen molar-refractivity contribution in [2.45, 2.75) is 64.8 Å². The number of nitrogens with one attached hydrogen (secondary N) is 1. The van der Waals surface area contributed by atoms with Crippen LogP contribution >= 0.6 is 0 Å². The predicted molar refractivity (Wildman–Crippen MR) is 71.3 cm³/mol. The van der Waals surface area contributed by atoms with Gasteiger partial charge in [-0.15, -0.1) is 0 Å². The molecule has 4 heteroatoms. The van der Waals surface area contributed by atoms with Crippen LogP contribution in [0.2, 0.25) is 0 Å². The van der Waals surface area contributed by atoms with E-state index < -0.39 is 0 Å². The Morgan fingerprint density at radius 3 is 2.67 bits per heavy atom. The standard InChI is InChI=1S/C14H25N3O/c1-3-5-11-6-8-12(9-7-11)14-16-13(18-17-14)10-15-4-2/h11-12,15H,3-10H2,1-2H3. The molecule has 0 spiro atoms. The summed E-state index contributed by atoms with van der Waals surface area (Å²) < 4.78 is 5.27. The Morgan fingerprint density at radius 2 is 2.00 bits per heavy atom. The van der Waals surface area contributed by atoms with Crippen LogP contribution in [0.25, 0.3) is 0 Å². The van der Waals surface area contributed by atoms with Gasteiger partial charge in [-0.2, -0.15) is 4.98 Å². The zero-order chi connectivity index (χ0) is 12.8. The van der Waals surface area contributed by atoms with E-state index >= 15 is 0 Å². The number of aromatic nitrogens is 2. The molecule has 102 valence electrons. The minimum atomic E-state index is 0.525. The summed E-state index contributed by atoms with van der Waals surface area (Å²) in [4.78, 5) is 4.50. The number of nitrogens with zero attached hydrogens (tertiary/aromatic N) is 2. The Labute approximate surface area is 110 Å². The van der Waals surface area contributed by atoms with Gasteiger partial charge in [0.1, 0.15) is 0 Å². The molecule has 1 aromatic heterocycles. The highest BCUT2D eigenvalue weighted by Gasteiger charge is 2.25. The molecule has 0 radical (unpaired) electrons. The largest absolute Gasteiger partial charge is 0.338 e. The fourth-order valence-electron chi connectivity index (χ4n) is 2.86. The Hall–Kier alpha value is -0.900. The van der Waals surface area contributed by atoms with Crippen molar-refractivity contribution < 1.29 is 4.52 Å². The predicted octanol–water partition coefficient (Wildman–Crippen LogP) is 3.25. The van der Waals surface area contributed by atoms with Gasteiger partial charge < -0.3 is 9.84 Å². The Bertz CT molecular complexity index is 343. The minimum absolute atomic E-state index is 0.525. The first-order valence-electron chi connectivity index (χ1n) is 7.36. The first kappa shape index (κ1) is 13.5. The molecule has 0 bridgehead atoms. The first-order chi connectivity index (χ1) is 8.83. The van der Waals surface area contributed by atoms with Crippen molar-refractivity contribution in [1.82, 2.24) is 15.5 Å². The molecule has 18 heavy (non-hydrogen) atoms. The molecule has 0 aromatic carbocycles.